The topological polar surface area (TPSA) is 117 Å². The minimum Gasteiger partial charge on any atom is -0.478 e. The molecule has 1 aromatic carbocycles. The van der Waals surface area contributed by atoms with Crippen molar-refractivity contribution in [3.63, 3.8) is 0 Å². The molecule has 0 saturated heterocycles. The van der Waals surface area contributed by atoms with Crippen LogP contribution in [0.15, 0.2) is 36.5 Å². The van der Waals surface area contributed by atoms with Crippen LogP contribution in [0.5, 0.6) is 0 Å². The Kier molecular flexibility index (Phi) is 4.17. The number of carboxylic acid groups (broad SMARTS) is 2. The van der Waals surface area contributed by atoms with Gasteiger partial charge in [-0.05, 0) is 36.8 Å². The van der Waals surface area contributed by atoms with Crippen LogP contribution in [0.3, 0.4) is 0 Å². The van der Waals surface area contributed by atoms with Crippen LogP contribution in [0.2, 0.25) is 0 Å². The number of carbonyl (C=O) groups excluding carboxylic acids is 1. The summed E-state index contributed by atoms with van der Waals surface area (Å²) in [4.78, 5) is 38.0. The van der Waals surface area contributed by atoms with Crippen molar-refractivity contribution < 1.29 is 24.6 Å². The van der Waals surface area contributed by atoms with E-state index in [1.807, 2.05) is 0 Å². The van der Waals surface area contributed by atoms with Crippen LogP contribution < -0.4 is 5.32 Å². The largest absolute Gasteiger partial charge is 0.478 e. The average molecular weight is 300 g/mol. The summed E-state index contributed by atoms with van der Waals surface area (Å²) in [5.74, 6) is -3.11. The van der Waals surface area contributed by atoms with E-state index in [1.165, 1.54) is 30.5 Å². The summed E-state index contributed by atoms with van der Waals surface area (Å²) >= 11 is 0. The summed E-state index contributed by atoms with van der Waals surface area (Å²) in [5.41, 5.74) is 0.473. The molecule has 2 aromatic rings. The molecule has 1 amide bonds. The van der Waals surface area contributed by atoms with Crippen LogP contribution in [0.1, 0.15) is 36.8 Å². The number of aryl methyl sites for hydroxylation is 1. The molecule has 0 aliphatic heterocycles. The molecule has 112 valence electrons. The zero-order chi connectivity index (χ0) is 16.3. The third kappa shape index (κ3) is 3.09. The third-order valence-electron chi connectivity index (χ3n) is 2.99. The van der Waals surface area contributed by atoms with Crippen molar-refractivity contribution in [3.8, 4) is 0 Å². The molecule has 0 aliphatic carbocycles. The second-order valence-electron chi connectivity index (χ2n) is 4.49. The first-order chi connectivity index (χ1) is 10.4. The molecule has 0 atom stereocenters. The van der Waals surface area contributed by atoms with E-state index in [0.717, 1.165) is 0 Å². The normalized spacial score (nSPS) is 10.0. The number of nitrogens with zero attached hydrogens (tertiary/aromatic N) is 1. The molecule has 7 nitrogen and oxygen atoms in total. The van der Waals surface area contributed by atoms with Crippen molar-refractivity contribution in [1.29, 1.82) is 0 Å². The van der Waals surface area contributed by atoms with Crippen molar-refractivity contribution in [2.45, 2.75) is 6.92 Å². The SMILES string of the molecule is Cc1ccc(C(=O)O)cc1NC(=O)c1ncccc1C(=O)O. The first-order valence-electron chi connectivity index (χ1n) is 6.23. The Morgan fingerprint density at radius 3 is 2.45 bits per heavy atom. The molecule has 2 rings (SSSR count). The monoisotopic (exact) mass is 300 g/mol. The highest BCUT2D eigenvalue weighted by atomic mass is 16.4. The smallest absolute Gasteiger partial charge is 0.338 e. The van der Waals surface area contributed by atoms with Crippen LogP contribution in [-0.4, -0.2) is 33.0 Å². The molecular weight excluding hydrogens is 288 g/mol. The number of hydrogen-bond donors (Lipinski definition) is 3. The van der Waals surface area contributed by atoms with Gasteiger partial charge in [0.05, 0.1) is 11.1 Å². The fourth-order valence-corrected chi connectivity index (χ4v) is 1.83. The fourth-order valence-electron chi connectivity index (χ4n) is 1.83. The van der Waals surface area contributed by atoms with Gasteiger partial charge in [0.25, 0.3) is 5.91 Å². The summed E-state index contributed by atoms with van der Waals surface area (Å²) in [6.45, 7) is 1.69. The summed E-state index contributed by atoms with van der Waals surface area (Å²) in [6.07, 6.45) is 1.31. The highest BCUT2D eigenvalue weighted by molar-refractivity contribution is 6.09. The molecule has 1 heterocycles. The Morgan fingerprint density at radius 2 is 1.82 bits per heavy atom. The predicted molar refractivity (Wildman–Crippen MR) is 77.3 cm³/mol. The molecule has 0 spiro atoms. The fraction of sp³-hybridized carbons (Fsp3) is 0.0667. The van der Waals surface area contributed by atoms with Gasteiger partial charge < -0.3 is 15.5 Å². The highest BCUT2D eigenvalue weighted by Crippen LogP contribution is 2.18. The number of anilines is 1. The molecule has 0 radical (unpaired) electrons. The summed E-state index contributed by atoms with van der Waals surface area (Å²) in [6, 6.07) is 6.95. The van der Waals surface area contributed by atoms with Gasteiger partial charge in [-0.2, -0.15) is 0 Å². The number of carbonyl (C=O) groups is 3. The lowest BCUT2D eigenvalue weighted by molar-refractivity contribution is 0.0684. The Morgan fingerprint density at radius 1 is 1.09 bits per heavy atom. The summed E-state index contributed by atoms with van der Waals surface area (Å²) < 4.78 is 0. The van der Waals surface area contributed by atoms with E-state index in [-0.39, 0.29) is 22.5 Å². The number of aromatic nitrogens is 1. The average Bonchev–Trinajstić information content (AvgIpc) is 2.49. The zero-order valence-corrected chi connectivity index (χ0v) is 11.5. The van der Waals surface area contributed by atoms with E-state index >= 15 is 0 Å². The number of amides is 1. The Hall–Kier alpha value is -3.22. The van der Waals surface area contributed by atoms with Crippen LogP contribution >= 0.6 is 0 Å². The number of aromatic carboxylic acids is 2. The maximum atomic E-state index is 12.2. The van der Waals surface area contributed by atoms with Gasteiger partial charge in [0.1, 0.15) is 5.69 Å². The number of nitrogens with one attached hydrogen (secondary N) is 1. The van der Waals surface area contributed by atoms with Gasteiger partial charge in [0.2, 0.25) is 0 Å². The van der Waals surface area contributed by atoms with Gasteiger partial charge in [-0.3, -0.25) is 9.78 Å². The van der Waals surface area contributed by atoms with Crippen LogP contribution in [-0.2, 0) is 0 Å². The Balaban J connectivity index is 2.36. The van der Waals surface area contributed by atoms with Gasteiger partial charge in [-0.25, -0.2) is 9.59 Å². The molecule has 3 N–H and O–H groups in total. The lowest BCUT2D eigenvalue weighted by Crippen LogP contribution is -2.19. The van der Waals surface area contributed by atoms with Crippen molar-refractivity contribution in [2.75, 3.05) is 5.32 Å². The quantitative estimate of drug-likeness (QED) is 0.795. The third-order valence-corrected chi connectivity index (χ3v) is 2.99. The second kappa shape index (κ2) is 6.04. The van der Waals surface area contributed by atoms with E-state index in [1.54, 1.807) is 13.0 Å². The van der Waals surface area contributed by atoms with Crippen LogP contribution in [0.4, 0.5) is 5.69 Å². The molecule has 1 aromatic heterocycles. The molecule has 22 heavy (non-hydrogen) atoms. The first-order valence-corrected chi connectivity index (χ1v) is 6.23. The Bertz CT molecular complexity index is 770. The standard InChI is InChI=1S/C15H12N2O5/c1-8-4-5-9(14(19)20)7-11(8)17-13(18)12-10(15(21)22)3-2-6-16-12/h2-7H,1H3,(H,17,18)(H,19,20)(H,21,22). The van der Waals surface area contributed by atoms with Gasteiger partial charge in [-0.1, -0.05) is 6.07 Å². The van der Waals surface area contributed by atoms with Gasteiger partial charge >= 0.3 is 11.9 Å². The van der Waals surface area contributed by atoms with Crippen molar-refractivity contribution in [1.82, 2.24) is 4.98 Å². The maximum absolute atomic E-state index is 12.2. The van der Waals surface area contributed by atoms with E-state index < -0.39 is 17.8 Å². The molecule has 0 aliphatic rings. The zero-order valence-electron chi connectivity index (χ0n) is 11.5. The maximum Gasteiger partial charge on any atom is 0.338 e. The van der Waals surface area contributed by atoms with Gasteiger partial charge in [-0.15, -0.1) is 0 Å². The van der Waals surface area contributed by atoms with Gasteiger partial charge in [0, 0.05) is 11.9 Å². The lowest BCUT2D eigenvalue weighted by atomic mass is 10.1. The first kappa shape index (κ1) is 15.2. The van der Waals surface area contributed by atoms with E-state index in [2.05, 4.69) is 10.3 Å². The highest BCUT2D eigenvalue weighted by Gasteiger charge is 2.18. The minimum absolute atomic E-state index is 0.0142. The molecule has 7 heteroatoms. The number of carboxylic acids is 2. The second-order valence-corrected chi connectivity index (χ2v) is 4.49. The summed E-state index contributed by atoms with van der Waals surface area (Å²) in [7, 11) is 0. The number of hydrogen-bond acceptors (Lipinski definition) is 4. The van der Waals surface area contributed by atoms with Crippen LogP contribution in [0.25, 0.3) is 0 Å². The van der Waals surface area contributed by atoms with Gasteiger partial charge in [0.15, 0.2) is 0 Å². The number of pyridine rings is 1. The van der Waals surface area contributed by atoms with Crippen molar-refractivity contribution in [2.24, 2.45) is 0 Å². The molecule has 0 fully saturated rings. The predicted octanol–water partition coefficient (Wildman–Crippen LogP) is 2.04. The molecule has 0 bridgehead atoms. The Labute approximate surface area is 125 Å². The molecular formula is C15H12N2O5. The van der Waals surface area contributed by atoms with Crippen LogP contribution in [0, 0.1) is 6.92 Å². The minimum atomic E-state index is -1.27. The number of rotatable bonds is 4. The van der Waals surface area contributed by atoms with E-state index in [0.29, 0.717) is 5.56 Å². The van der Waals surface area contributed by atoms with E-state index in [9.17, 15) is 14.4 Å². The number of benzene rings is 1. The van der Waals surface area contributed by atoms with E-state index in [4.69, 9.17) is 10.2 Å². The summed E-state index contributed by atoms with van der Waals surface area (Å²) in [5, 5.41) is 20.5. The molecule has 0 unspecified atom stereocenters. The molecule has 0 saturated carbocycles. The lowest BCUT2D eigenvalue weighted by Gasteiger charge is -2.10. The van der Waals surface area contributed by atoms with Crippen molar-refractivity contribution >= 4 is 23.5 Å². The van der Waals surface area contributed by atoms with Crippen molar-refractivity contribution in [3.05, 3.63) is 58.9 Å².